The van der Waals surface area contributed by atoms with E-state index >= 15 is 0 Å². The smallest absolute Gasteiger partial charge is 0.457 e. The average molecular weight is 97.4 g/mol. The average Bonchev–Trinajstić information content (AvgIpc) is 1.69. The Morgan fingerprint density at radius 1 is 1.29 bits per heavy atom. The highest BCUT2D eigenvalue weighted by Gasteiger charge is 2.21. The van der Waals surface area contributed by atoms with E-state index in [0.29, 0.717) is 0 Å². The molecule has 0 aliphatic carbocycles. The summed E-state index contributed by atoms with van der Waals surface area (Å²) in [6.07, 6.45) is 0. The molecule has 0 spiro atoms. The van der Waals surface area contributed by atoms with Crippen molar-refractivity contribution >= 4 is 22.7 Å². The van der Waals surface area contributed by atoms with E-state index in [0.717, 1.165) is 15.4 Å². The molecule has 1 rings (SSSR count). The normalized spacial score (nSPS) is 20.4. The molecule has 0 amide bonds. The van der Waals surface area contributed by atoms with Gasteiger partial charge in [-0.3, -0.25) is 0 Å². The zero-order valence-corrected chi connectivity index (χ0v) is 3.40. The zero-order chi connectivity index (χ0) is 5.11. The maximum atomic E-state index is 8.32. The Labute approximate surface area is 42.5 Å². The van der Waals surface area contributed by atoms with Crippen LogP contribution in [0.15, 0.2) is 0 Å². The summed E-state index contributed by atoms with van der Waals surface area (Å²) in [6.45, 7) is 0. The second-order valence-corrected chi connectivity index (χ2v) is 0.908. The van der Waals surface area contributed by atoms with Gasteiger partial charge in [0.05, 0.1) is 0 Å². The SMILES string of the molecule is OB1O[B]O[B]O1. The van der Waals surface area contributed by atoms with E-state index in [4.69, 9.17) is 5.02 Å². The fraction of sp³-hybridized carbons (Fsp3) is 0. The Bertz CT molecular complexity index is 48.9. The van der Waals surface area contributed by atoms with Gasteiger partial charge in [0.1, 0.15) is 0 Å². The fourth-order valence-corrected chi connectivity index (χ4v) is 0.214. The Morgan fingerprint density at radius 2 is 1.86 bits per heavy atom. The summed E-state index contributed by atoms with van der Waals surface area (Å²) in [6, 6.07) is 0. The van der Waals surface area contributed by atoms with Crippen molar-refractivity contribution in [2.75, 3.05) is 0 Å². The summed E-state index contributed by atoms with van der Waals surface area (Å²) in [5.74, 6) is 0. The Hall–Kier alpha value is 0.0348. The molecule has 1 heterocycles. The van der Waals surface area contributed by atoms with Crippen molar-refractivity contribution in [2.45, 2.75) is 0 Å². The van der Waals surface area contributed by atoms with Crippen molar-refractivity contribution in [2.24, 2.45) is 0 Å². The summed E-state index contributed by atoms with van der Waals surface area (Å²) in [5.41, 5.74) is 0. The first-order valence-electron chi connectivity index (χ1n) is 1.67. The summed E-state index contributed by atoms with van der Waals surface area (Å²) >= 11 is 0. The van der Waals surface area contributed by atoms with Crippen LogP contribution in [0.25, 0.3) is 0 Å². The first-order chi connectivity index (χ1) is 3.39. The van der Waals surface area contributed by atoms with Gasteiger partial charge in [-0.1, -0.05) is 0 Å². The van der Waals surface area contributed by atoms with Crippen molar-refractivity contribution in [1.82, 2.24) is 0 Å². The molecule has 0 atom stereocenters. The van der Waals surface area contributed by atoms with Crippen LogP contribution in [0.2, 0.25) is 0 Å². The van der Waals surface area contributed by atoms with Crippen LogP contribution < -0.4 is 0 Å². The van der Waals surface area contributed by atoms with E-state index in [1.54, 1.807) is 0 Å². The summed E-state index contributed by atoms with van der Waals surface area (Å²) in [4.78, 5) is 0. The molecule has 0 unspecified atom stereocenters. The highest BCUT2D eigenvalue weighted by atomic mass is 16.7. The van der Waals surface area contributed by atoms with E-state index < -0.39 is 7.32 Å². The number of rotatable bonds is 0. The first-order valence-corrected chi connectivity index (χ1v) is 1.67. The second kappa shape index (κ2) is 2.37. The molecule has 0 bridgehead atoms. The molecule has 7 heavy (non-hydrogen) atoms. The molecule has 1 saturated heterocycles. The third-order valence-electron chi connectivity index (χ3n) is 0.455. The van der Waals surface area contributed by atoms with Gasteiger partial charge in [-0.05, 0) is 0 Å². The van der Waals surface area contributed by atoms with Gasteiger partial charge < -0.3 is 18.7 Å². The highest BCUT2D eigenvalue weighted by molar-refractivity contribution is 6.56. The molecule has 34 valence electrons. The lowest BCUT2D eigenvalue weighted by Gasteiger charge is -2.11. The van der Waals surface area contributed by atoms with Crippen LogP contribution in [-0.4, -0.2) is 27.7 Å². The Kier molecular flexibility index (Phi) is 1.75. The minimum Gasteiger partial charge on any atom is -0.457 e. The second-order valence-electron chi connectivity index (χ2n) is 0.908. The van der Waals surface area contributed by atoms with Crippen molar-refractivity contribution in [1.29, 1.82) is 0 Å². The van der Waals surface area contributed by atoms with Gasteiger partial charge in [-0.25, -0.2) is 0 Å². The molecule has 0 saturated carbocycles. The van der Waals surface area contributed by atoms with E-state index in [-0.39, 0.29) is 0 Å². The fourth-order valence-electron chi connectivity index (χ4n) is 0.214. The van der Waals surface area contributed by atoms with Crippen molar-refractivity contribution in [3.8, 4) is 0 Å². The molecule has 0 aromatic heterocycles. The van der Waals surface area contributed by atoms with Gasteiger partial charge in [-0.2, -0.15) is 0 Å². The van der Waals surface area contributed by atoms with Gasteiger partial charge in [0.15, 0.2) is 0 Å². The molecule has 1 aliphatic rings. The molecule has 0 aromatic rings. The molecular weight excluding hydrogens is 96.4 g/mol. The molecule has 1 N–H and O–H groups in total. The standard InChI is InChI=1S/B3HO4/c4-3-6-1-5-2-7-3/h4H. The van der Waals surface area contributed by atoms with E-state index in [9.17, 15) is 0 Å². The van der Waals surface area contributed by atoms with Gasteiger partial charge in [0.25, 0.3) is 0 Å². The highest BCUT2D eigenvalue weighted by Crippen LogP contribution is 1.87. The van der Waals surface area contributed by atoms with E-state index in [2.05, 4.69) is 13.7 Å². The van der Waals surface area contributed by atoms with E-state index in [1.807, 2.05) is 0 Å². The lowest BCUT2D eigenvalue weighted by atomic mass is 10.1. The Morgan fingerprint density at radius 3 is 2.14 bits per heavy atom. The maximum absolute atomic E-state index is 8.32. The predicted molar refractivity (Wildman–Crippen MR) is 22.7 cm³/mol. The maximum Gasteiger partial charge on any atom is 0.608 e. The first kappa shape index (κ1) is 5.18. The molecule has 7 heteroatoms. The van der Waals surface area contributed by atoms with Gasteiger partial charge >= 0.3 is 22.7 Å². The van der Waals surface area contributed by atoms with Gasteiger partial charge in [0.2, 0.25) is 0 Å². The van der Waals surface area contributed by atoms with Gasteiger partial charge in [0, 0.05) is 0 Å². The molecule has 4 nitrogen and oxygen atoms in total. The van der Waals surface area contributed by atoms with Crippen molar-refractivity contribution in [3.63, 3.8) is 0 Å². The monoisotopic (exact) mass is 98.0 g/mol. The number of hydrogen-bond donors (Lipinski definition) is 1. The minimum atomic E-state index is -1.20. The van der Waals surface area contributed by atoms with E-state index in [1.165, 1.54) is 0 Å². The lowest BCUT2D eigenvalue weighted by Crippen LogP contribution is -2.34. The molecule has 0 aromatic carbocycles. The largest absolute Gasteiger partial charge is 0.608 e. The third-order valence-corrected chi connectivity index (χ3v) is 0.455. The third kappa shape index (κ3) is 1.52. The van der Waals surface area contributed by atoms with Crippen LogP contribution in [0.5, 0.6) is 0 Å². The Balaban J connectivity index is 2.12. The quantitative estimate of drug-likeness (QED) is 0.359. The molecule has 2 radical (unpaired) electrons. The van der Waals surface area contributed by atoms with Crippen molar-refractivity contribution < 1.29 is 18.7 Å². The summed E-state index contributed by atoms with van der Waals surface area (Å²) in [7, 11) is 0.760. The van der Waals surface area contributed by atoms with Crippen LogP contribution in [0, 0.1) is 0 Å². The predicted octanol–water partition coefficient (Wildman–Crippen LogP) is -1.90. The van der Waals surface area contributed by atoms with Crippen LogP contribution in [0.3, 0.4) is 0 Å². The zero-order valence-electron chi connectivity index (χ0n) is 3.40. The topological polar surface area (TPSA) is 47.9 Å². The minimum absolute atomic E-state index is 0.980. The molecule has 1 aliphatic heterocycles. The lowest BCUT2D eigenvalue weighted by molar-refractivity contribution is 0.243. The van der Waals surface area contributed by atoms with Crippen LogP contribution in [-0.2, 0) is 13.7 Å². The van der Waals surface area contributed by atoms with Crippen LogP contribution in [0.4, 0.5) is 0 Å². The summed E-state index contributed by atoms with van der Waals surface area (Å²) < 4.78 is 12.8. The van der Waals surface area contributed by atoms with Crippen molar-refractivity contribution in [3.05, 3.63) is 0 Å². The number of hydrogen-bond acceptors (Lipinski definition) is 4. The van der Waals surface area contributed by atoms with Crippen LogP contribution in [0.1, 0.15) is 0 Å². The molecule has 1 fully saturated rings. The molecular formula is HB3O4. The van der Waals surface area contributed by atoms with Crippen LogP contribution >= 0.6 is 0 Å². The summed E-state index contributed by atoms with van der Waals surface area (Å²) in [5, 5.41) is 8.32. The van der Waals surface area contributed by atoms with Gasteiger partial charge in [-0.15, -0.1) is 0 Å².